The van der Waals surface area contributed by atoms with E-state index >= 15 is 0 Å². The Labute approximate surface area is 167 Å². The van der Waals surface area contributed by atoms with Gasteiger partial charge in [0.05, 0.1) is 0 Å². The Kier molecular flexibility index (Phi) is 7.41. The maximum atomic E-state index is 11.7. The van der Waals surface area contributed by atoms with Gasteiger partial charge in [-0.05, 0) is 58.2 Å². The summed E-state index contributed by atoms with van der Waals surface area (Å²) in [5, 5.41) is 4.32. The predicted octanol–water partition coefficient (Wildman–Crippen LogP) is 3.93. The molecule has 0 aliphatic rings. The highest BCUT2D eigenvalue weighted by molar-refractivity contribution is 5.87. The summed E-state index contributed by atoms with van der Waals surface area (Å²) >= 11 is 0. The van der Waals surface area contributed by atoms with Crippen LogP contribution in [-0.4, -0.2) is 18.2 Å². The van der Waals surface area contributed by atoms with Gasteiger partial charge >= 0.3 is 5.97 Å². The second-order valence-corrected chi connectivity index (χ2v) is 7.33. The van der Waals surface area contributed by atoms with Crippen LogP contribution in [0.2, 0.25) is 0 Å². The Morgan fingerprint density at radius 1 is 1.32 bits per heavy atom. The summed E-state index contributed by atoms with van der Waals surface area (Å²) in [4.78, 5) is 11.7. The Balaban J connectivity index is 2.12. The zero-order valence-electron chi connectivity index (χ0n) is 17.6. The maximum Gasteiger partial charge on any atom is 0.334 e. The lowest BCUT2D eigenvalue weighted by Crippen LogP contribution is -2.44. The number of hydrogen-bond acceptors (Lipinski definition) is 4. The van der Waals surface area contributed by atoms with Gasteiger partial charge in [-0.2, -0.15) is 0 Å². The lowest BCUT2D eigenvalue weighted by Gasteiger charge is -2.26. The maximum absolute atomic E-state index is 11.7. The van der Waals surface area contributed by atoms with Crippen molar-refractivity contribution in [3.8, 4) is 11.3 Å². The molecular weight excluding hydrogens is 350 g/mol. The normalized spacial score (nSPS) is 13.0. The van der Waals surface area contributed by atoms with E-state index in [1.54, 1.807) is 6.92 Å². The minimum Gasteiger partial charge on any atom is -0.456 e. The van der Waals surface area contributed by atoms with Gasteiger partial charge in [-0.1, -0.05) is 43.8 Å². The molecule has 0 fully saturated rings. The third-order valence-corrected chi connectivity index (χ3v) is 4.49. The fraction of sp³-hybridized carbons (Fsp3) is 0.375. The fourth-order valence-electron chi connectivity index (χ4n) is 2.94. The third kappa shape index (κ3) is 5.70. The molecule has 0 unspecified atom stereocenters. The van der Waals surface area contributed by atoms with Crippen molar-refractivity contribution in [2.75, 3.05) is 6.54 Å². The zero-order valence-corrected chi connectivity index (χ0v) is 17.6. The molecule has 4 nitrogen and oxygen atoms in total. The van der Waals surface area contributed by atoms with Crippen molar-refractivity contribution in [2.45, 2.75) is 53.2 Å². The molecule has 0 saturated heterocycles. The average Bonchev–Trinajstić information content (AvgIpc) is 3.07. The number of nitrogens with one attached hydrogen (secondary N) is 1. The van der Waals surface area contributed by atoms with E-state index in [-0.39, 0.29) is 0 Å². The van der Waals surface area contributed by atoms with E-state index in [0.717, 1.165) is 34.8 Å². The molecule has 0 aliphatic carbocycles. The number of aryl methyl sites for hydroxylation is 1. The fourth-order valence-corrected chi connectivity index (χ4v) is 2.94. The molecule has 4 heteroatoms. The largest absolute Gasteiger partial charge is 0.456 e. The standard InChI is InChI=1S/C24H31NO3/c1-7-18-12-9-10-13-20(18)22-16-19(8-2)21(27-22)14-11-15-25-24(5,6)28-23(26)17(3)4/h8-10,12-14,16,25H,3,7,11,15H2,1-2,4-6H3/b19-8-,21-14+. The van der Waals surface area contributed by atoms with Gasteiger partial charge in [-0.3, -0.25) is 5.32 Å². The average molecular weight is 382 g/mol. The zero-order chi connectivity index (χ0) is 20.7. The predicted molar refractivity (Wildman–Crippen MR) is 115 cm³/mol. The molecule has 1 heterocycles. The van der Waals surface area contributed by atoms with Gasteiger partial charge in [0.1, 0.15) is 11.2 Å². The van der Waals surface area contributed by atoms with E-state index in [1.165, 1.54) is 5.56 Å². The second kappa shape index (κ2) is 9.56. The number of esters is 1. The van der Waals surface area contributed by atoms with Crippen molar-refractivity contribution in [1.82, 2.24) is 5.32 Å². The molecule has 1 aromatic carbocycles. The van der Waals surface area contributed by atoms with E-state index in [9.17, 15) is 4.79 Å². The van der Waals surface area contributed by atoms with E-state index in [2.05, 4.69) is 55.2 Å². The molecule has 2 aromatic rings. The number of benzene rings is 1. The highest BCUT2D eigenvalue weighted by atomic mass is 16.6. The number of rotatable bonds is 8. The highest BCUT2D eigenvalue weighted by Gasteiger charge is 2.21. The first-order chi connectivity index (χ1) is 13.3. The van der Waals surface area contributed by atoms with Gasteiger partial charge in [0, 0.05) is 22.9 Å². The second-order valence-electron chi connectivity index (χ2n) is 7.33. The van der Waals surface area contributed by atoms with Gasteiger partial charge in [0.15, 0.2) is 5.72 Å². The van der Waals surface area contributed by atoms with Crippen molar-refractivity contribution in [2.24, 2.45) is 0 Å². The minimum absolute atomic E-state index is 0.389. The molecule has 0 aliphatic heterocycles. The molecule has 0 atom stereocenters. The molecular formula is C24H31NO3. The van der Waals surface area contributed by atoms with Crippen LogP contribution in [-0.2, 0) is 16.0 Å². The van der Waals surface area contributed by atoms with Crippen molar-refractivity contribution in [3.05, 3.63) is 58.7 Å². The summed E-state index contributed by atoms with van der Waals surface area (Å²) in [6, 6.07) is 10.4. The van der Waals surface area contributed by atoms with Crippen LogP contribution in [0.5, 0.6) is 0 Å². The highest BCUT2D eigenvalue weighted by Crippen LogP contribution is 2.22. The summed E-state index contributed by atoms with van der Waals surface area (Å²) in [7, 11) is 0. The van der Waals surface area contributed by atoms with Gasteiger partial charge in [0.25, 0.3) is 0 Å². The van der Waals surface area contributed by atoms with E-state index in [4.69, 9.17) is 9.15 Å². The molecule has 0 radical (unpaired) electrons. The van der Waals surface area contributed by atoms with Crippen LogP contribution < -0.4 is 16.0 Å². The summed E-state index contributed by atoms with van der Waals surface area (Å²) < 4.78 is 11.5. The van der Waals surface area contributed by atoms with Gasteiger partial charge in [0.2, 0.25) is 0 Å². The van der Waals surface area contributed by atoms with Gasteiger partial charge in [-0.15, -0.1) is 0 Å². The van der Waals surface area contributed by atoms with Crippen molar-refractivity contribution < 1.29 is 13.9 Å². The molecule has 150 valence electrons. The Morgan fingerprint density at radius 3 is 2.68 bits per heavy atom. The van der Waals surface area contributed by atoms with E-state index < -0.39 is 11.7 Å². The van der Waals surface area contributed by atoms with Crippen molar-refractivity contribution >= 4 is 18.1 Å². The molecule has 0 bridgehead atoms. The first-order valence-electron chi connectivity index (χ1n) is 9.76. The minimum atomic E-state index is -0.752. The smallest absolute Gasteiger partial charge is 0.334 e. The summed E-state index contributed by atoms with van der Waals surface area (Å²) in [6.07, 6.45) is 5.83. The van der Waals surface area contributed by atoms with Crippen LogP contribution in [0.15, 0.2) is 46.9 Å². The topological polar surface area (TPSA) is 51.5 Å². The Bertz CT molecular complexity index is 950. The SMILES string of the molecule is C=C(C)C(=O)OC(C)(C)NCC/C=c1/oc(-c2ccccc2CC)c/c1=C/C. The number of carbonyl (C=O) groups excluding carboxylic acids is 1. The molecule has 0 spiro atoms. The summed E-state index contributed by atoms with van der Waals surface area (Å²) in [5.41, 5.74) is 2.91. The van der Waals surface area contributed by atoms with Crippen LogP contribution in [0, 0.1) is 0 Å². The molecule has 0 amide bonds. The molecule has 1 N–H and O–H groups in total. The van der Waals surface area contributed by atoms with Crippen molar-refractivity contribution in [1.29, 1.82) is 0 Å². The number of carbonyl (C=O) groups is 1. The van der Waals surface area contributed by atoms with Gasteiger partial charge in [-0.25, -0.2) is 4.79 Å². The monoisotopic (exact) mass is 381 g/mol. The van der Waals surface area contributed by atoms with Crippen LogP contribution in [0.4, 0.5) is 0 Å². The molecule has 0 saturated carbocycles. The van der Waals surface area contributed by atoms with Crippen molar-refractivity contribution in [3.63, 3.8) is 0 Å². The van der Waals surface area contributed by atoms with Crippen LogP contribution in [0.3, 0.4) is 0 Å². The van der Waals surface area contributed by atoms with E-state index in [1.807, 2.05) is 26.8 Å². The summed E-state index contributed by atoms with van der Waals surface area (Å²) in [6.45, 7) is 13.7. The van der Waals surface area contributed by atoms with Gasteiger partial charge < -0.3 is 9.15 Å². The van der Waals surface area contributed by atoms with Crippen LogP contribution in [0.25, 0.3) is 23.5 Å². The van der Waals surface area contributed by atoms with Crippen LogP contribution >= 0.6 is 0 Å². The number of hydrogen-bond donors (Lipinski definition) is 1. The van der Waals surface area contributed by atoms with Crippen LogP contribution in [0.1, 0.15) is 46.6 Å². The molecule has 2 rings (SSSR count). The molecule has 1 aromatic heterocycles. The lowest BCUT2D eigenvalue weighted by molar-refractivity contribution is -0.154. The first-order valence-corrected chi connectivity index (χ1v) is 9.76. The number of furan rings is 1. The quantitative estimate of drug-likeness (QED) is 0.326. The number of ether oxygens (including phenoxy) is 1. The van der Waals surface area contributed by atoms with E-state index in [0.29, 0.717) is 12.1 Å². The molecule has 28 heavy (non-hydrogen) atoms. The lowest BCUT2D eigenvalue weighted by atomic mass is 10.0. The Morgan fingerprint density at radius 2 is 2.04 bits per heavy atom. The third-order valence-electron chi connectivity index (χ3n) is 4.49. The summed E-state index contributed by atoms with van der Waals surface area (Å²) in [5.74, 6) is 0.495. The first kappa shape index (κ1) is 21.7. The Hall–Kier alpha value is -2.59.